The van der Waals surface area contributed by atoms with Crippen LogP contribution >= 0.6 is 23.5 Å². The van der Waals surface area contributed by atoms with Crippen LogP contribution in [0.1, 0.15) is 11.6 Å². The first kappa shape index (κ1) is 18.3. The van der Waals surface area contributed by atoms with Crippen molar-refractivity contribution < 1.29 is 4.92 Å². The topological polar surface area (TPSA) is 61.0 Å². The number of non-ortho nitro benzene ring substituents is 1. The number of thioether (sulfide) groups is 2. The minimum Gasteiger partial charge on any atom is -0.310 e. The fourth-order valence-electron chi connectivity index (χ4n) is 3.74. The van der Waals surface area contributed by atoms with Gasteiger partial charge < -0.3 is 4.57 Å². The number of imidazole rings is 1. The van der Waals surface area contributed by atoms with Gasteiger partial charge in [0, 0.05) is 28.0 Å². The van der Waals surface area contributed by atoms with Crippen LogP contribution in [-0.2, 0) is 0 Å². The highest BCUT2D eigenvalue weighted by Gasteiger charge is 2.34. The van der Waals surface area contributed by atoms with Crippen LogP contribution in [0.15, 0.2) is 88.9 Å². The molecule has 1 aliphatic rings. The standard InChI is InChI=1S/C22H17N3O2S2/c26-25(27)16-10-12-17(13-11-16)29-20-14-28-22-23-18-8-4-5-9-19(18)24(22)21(20)15-6-2-1-3-7-15/h1-13,20-21H,14H2. The molecule has 5 nitrogen and oxygen atoms in total. The third-order valence-corrected chi connectivity index (χ3v) is 7.60. The third-order valence-electron chi connectivity index (χ3n) is 5.05. The van der Waals surface area contributed by atoms with Crippen molar-refractivity contribution in [3.8, 4) is 0 Å². The molecule has 2 unspecified atom stereocenters. The van der Waals surface area contributed by atoms with Gasteiger partial charge in [-0.15, -0.1) is 11.8 Å². The lowest BCUT2D eigenvalue weighted by Crippen LogP contribution is -2.29. The van der Waals surface area contributed by atoms with Gasteiger partial charge in [-0.1, -0.05) is 54.2 Å². The van der Waals surface area contributed by atoms with E-state index < -0.39 is 0 Å². The van der Waals surface area contributed by atoms with E-state index >= 15 is 0 Å². The van der Waals surface area contributed by atoms with E-state index in [0.717, 1.165) is 26.8 Å². The molecule has 0 N–H and O–H groups in total. The van der Waals surface area contributed by atoms with Crippen LogP contribution in [0, 0.1) is 10.1 Å². The number of hydrogen-bond acceptors (Lipinski definition) is 5. The highest BCUT2D eigenvalue weighted by molar-refractivity contribution is 8.03. The molecule has 5 rings (SSSR count). The van der Waals surface area contributed by atoms with Crippen molar-refractivity contribution in [3.05, 3.63) is 94.5 Å². The zero-order valence-corrected chi connectivity index (χ0v) is 17.0. The summed E-state index contributed by atoms with van der Waals surface area (Å²) in [4.78, 5) is 16.5. The summed E-state index contributed by atoms with van der Waals surface area (Å²) in [6.45, 7) is 0. The Morgan fingerprint density at radius 3 is 2.48 bits per heavy atom. The number of nitro benzene ring substituents is 1. The SMILES string of the molecule is O=[N+]([O-])c1ccc(SC2CSc3nc4ccccc4n3C2c2ccccc2)cc1. The van der Waals surface area contributed by atoms with Crippen molar-refractivity contribution in [1.29, 1.82) is 0 Å². The Morgan fingerprint density at radius 1 is 1.00 bits per heavy atom. The average Bonchev–Trinajstić information content (AvgIpc) is 3.13. The minimum absolute atomic E-state index is 0.120. The Labute approximate surface area is 176 Å². The monoisotopic (exact) mass is 419 g/mol. The van der Waals surface area contributed by atoms with Crippen LogP contribution in [0.5, 0.6) is 0 Å². The van der Waals surface area contributed by atoms with Gasteiger partial charge in [-0.25, -0.2) is 4.98 Å². The minimum atomic E-state index is -0.360. The second kappa shape index (κ2) is 7.57. The molecule has 2 atom stereocenters. The molecule has 0 saturated heterocycles. The van der Waals surface area contributed by atoms with Crippen LogP contribution in [0.25, 0.3) is 11.0 Å². The van der Waals surface area contributed by atoms with E-state index in [0.29, 0.717) is 0 Å². The zero-order chi connectivity index (χ0) is 19.8. The number of para-hydroxylation sites is 2. The molecule has 0 radical (unpaired) electrons. The molecule has 0 saturated carbocycles. The van der Waals surface area contributed by atoms with E-state index in [1.54, 1.807) is 35.7 Å². The molecule has 1 aliphatic heterocycles. The third kappa shape index (κ3) is 3.41. The molecule has 0 bridgehead atoms. The highest BCUT2D eigenvalue weighted by atomic mass is 32.2. The van der Waals surface area contributed by atoms with Gasteiger partial charge in [-0.05, 0) is 29.8 Å². The summed E-state index contributed by atoms with van der Waals surface area (Å²) in [5.74, 6) is 0.921. The second-order valence-corrected chi connectivity index (χ2v) is 9.13. The van der Waals surface area contributed by atoms with Gasteiger partial charge in [0.25, 0.3) is 5.69 Å². The maximum absolute atomic E-state index is 11.0. The quantitative estimate of drug-likeness (QED) is 0.309. The molecule has 0 aliphatic carbocycles. The predicted octanol–water partition coefficient (Wildman–Crippen LogP) is 5.80. The predicted molar refractivity (Wildman–Crippen MR) is 118 cm³/mol. The van der Waals surface area contributed by atoms with Gasteiger partial charge in [0.05, 0.1) is 22.0 Å². The molecule has 0 fully saturated rings. The lowest BCUT2D eigenvalue weighted by atomic mass is 10.0. The Balaban J connectivity index is 1.57. The first-order valence-electron chi connectivity index (χ1n) is 9.26. The lowest BCUT2D eigenvalue weighted by molar-refractivity contribution is -0.384. The lowest BCUT2D eigenvalue weighted by Gasteiger charge is -2.33. The fourth-order valence-corrected chi connectivity index (χ4v) is 6.28. The summed E-state index contributed by atoms with van der Waals surface area (Å²) < 4.78 is 2.35. The Bertz CT molecular complexity index is 1180. The molecular formula is C22H17N3O2S2. The summed E-state index contributed by atoms with van der Waals surface area (Å²) in [5.41, 5.74) is 3.52. The van der Waals surface area contributed by atoms with E-state index in [4.69, 9.17) is 4.98 Å². The van der Waals surface area contributed by atoms with Crippen LogP contribution in [-0.4, -0.2) is 25.5 Å². The maximum atomic E-state index is 11.0. The first-order valence-corrected chi connectivity index (χ1v) is 11.1. The number of fused-ring (bicyclic) bond motifs is 3. The van der Waals surface area contributed by atoms with Crippen LogP contribution in [0.4, 0.5) is 5.69 Å². The first-order chi connectivity index (χ1) is 14.2. The maximum Gasteiger partial charge on any atom is 0.269 e. The van der Waals surface area contributed by atoms with Crippen molar-refractivity contribution >= 4 is 40.2 Å². The molecule has 0 spiro atoms. The number of hydrogen-bond donors (Lipinski definition) is 0. The zero-order valence-electron chi connectivity index (χ0n) is 15.3. The Hall–Kier alpha value is -2.77. The van der Waals surface area contributed by atoms with Gasteiger partial charge in [0.15, 0.2) is 5.16 Å². The van der Waals surface area contributed by atoms with Crippen LogP contribution in [0.2, 0.25) is 0 Å². The van der Waals surface area contributed by atoms with Crippen molar-refractivity contribution in [3.63, 3.8) is 0 Å². The normalized spacial score (nSPS) is 18.5. The van der Waals surface area contributed by atoms with E-state index in [9.17, 15) is 10.1 Å². The second-order valence-electron chi connectivity index (χ2n) is 6.83. The van der Waals surface area contributed by atoms with Gasteiger partial charge in [0.2, 0.25) is 0 Å². The average molecular weight is 420 g/mol. The summed E-state index contributed by atoms with van der Waals surface area (Å²) in [6.07, 6.45) is 0. The molecule has 144 valence electrons. The van der Waals surface area contributed by atoms with Gasteiger partial charge in [-0.2, -0.15) is 0 Å². The van der Waals surface area contributed by atoms with E-state index in [1.165, 1.54) is 5.56 Å². The number of aromatic nitrogens is 2. The van der Waals surface area contributed by atoms with Gasteiger partial charge >= 0.3 is 0 Å². The molecule has 7 heteroatoms. The number of nitrogens with zero attached hydrogens (tertiary/aromatic N) is 3. The summed E-state index contributed by atoms with van der Waals surface area (Å²) in [5, 5.41) is 12.3. The smallest absolute Gasteiger partial charge is 0.269 e. The summed E-state index contributed by atoms with van der Waals surface area (Å²) in [6, 6.07) is 25.8. The molecule has 29 heavy (non-hydrogen) atoms. The van der Waals surface area contributed by atoms with Gasteiger partial charge in [-0.3, -0.25) is 10.1 Å². The Morgan fingerprint density at radius 2 is 1.72 bits per heavy atom. The Kier molecular flexibility index (Phi) is 4.77. The van der Waals surface area contributed by atoms with Crippen molar-refractivity contribution in [2.45, 2.75) is 21.3 Å². The molecular weight excluding hydrogens is 402 g/mol. The number of benzene rings is 3. The molecule has 3 aromatic carbocycles. The van der Waals surface area contributed by atoms with Crippen molar-refractivity contribution in [2.24, 2.45) is 0 Å². The summed E-state index contributed by atoms with van der Waals surface area (Å²) in [7, 11) is 0. The fraction of sp³-hybridized carbons (Fsp3) is 0.136. The highest BCUT2D eigenvalue weighted by Crippen LogP contribution is 2.45. The number of nitro groups is 1. The van der Waals surface area contributed by atoms with E-state index in [1.807, 2.05) is 24.3 Å². The van der Waals surface area contributed by atoms with Gasteiger partial charge in [0.1, 0.15) is 0 Å². The molecule has 1 aromatic heterocycles. The van der Waals surface area contributed by atoms with E-state index in [2.05, 4.69) is 47.0 Å². The molecule has 2 heterocycles. The van der Waals surface area contributed by atoms with Crippen molar-refractivity contribution in [2.75, 3.05) is 5.75 Å². The largest absolute Gasteiger partial charge is 0.310 e. The molecule has 0 amide bonds. The summed E-state index contributed by atoms with van der Waals surface area (Å²) >= 11 is 3.54. The van der Waals surface area contributed by atoms with Crippen LogP contribution in [0.3, 0.4) is 0 Å². The molecule has 4 aromatic rings. The number of rotatable bonds is 4. The van der Waals surface area contributed by atoms with E-state index in [-0.39, 0.29) is 21.9 Å². The van der Waals surface area contributed by atoms with Crippen LogP contribution < -0.4 is 0 Å². The van der Waals surface area contributed by atoms with Crippen molar-refractivity contribution in [1.82, 2.24) is 9.55 Å².